The minimum absolute atomic E-state index is 0.0832. The zero-order valence-electron chi connectivity index (χ0n) is 9.45. The Balaban J connectivity index is 2.91. The first kappa shape index (κ1) is 12.3. The molecule has 0 aliphatic heterocycles. The predicted octanol–water partition coefficient (Wildman–Crippen LogP) is 2.13. The molecule has 1 aromatic rings. The summed E-state index contributed by atoms with van der Waals surface area (Å²) in [4.78, 5) is 1.12. The number of nitrogens with zero attached hydrogens (tertiary/aromatic N) is 2. The average Bonchev–Trinajstić information content (AvgIpc) is 2.62. The Morgan fingerprint density at radius 1 is 1.60 bits per heavy atom. The summed E-state index contributed by atoms with van der Waals surface area (Å²) in [5.74, 6) is 5.92. The van der Waals surface area contributed by atoms with E-state index in [9.17, 15) is 0 Å². The highest BCUT2D eigenvalue weighted by Gasteiger charge is 2.19. The Morgan fingerprint density at radius 3 is 2.73 bits per heavy atom. The first-order chi connectivity index (χ1) is 7.06. The summed E-state index contributed by atoms with van der Waals surface area (Å²) in [7, 11) is 0. The molecule has 0 radical (unpaired) electrons. The van der Waals surface area contributed by atoms with E-state index in [4.69, 9.17) is 5.84 Å². The Morgan fingerprint density at radius 2 is 2.27 bits per heavy atom. The van der Waals surface area contributed by atoms with E-state index in [1.54, 1.807) is 0 Å². The minimum atomic E-state index is 0.0832. The van der Waals surface area contributed by atoms with Crippen LogP contribution in [0.5, 0.6) is 0 Å². The van der Waals surface area contributed by atoms with Crippen LogP contribution in [-0.2, 0) is 0 Å². The average molecular weight is 226 g/mol. The lowest BCUT2D eigenvalue weighted by atomic mass is 10.0. The summed E-state index contributed by atoms with van der Waals surface area (Å²) >= 11 is 1.41. The van der Waals surface area contributed by atoms with Crippen LogP contribution in [0.4, 0.5) is 0 Å². The first-order valence-corrected chi connectivity index (χ1v) is 5.76. The fourth-order valence-electron chi connectivity index (χ4n) is 1.42. The van der Waals surface area contributed by atoms with Crippen LogP contribution in [0.15, 0.2) is 12.2 Å². The molecule has 0 aromatic carbocycles. The van der Waals surface area contributed by atoms with Crippen molar-refractivity contribution in [2.75, 3.05) is 0 Å². The molecule has 0 amide bonds. The second-order valence-electron chi connectivity index (χ2n) is 4.06. The highest BCUT2D eigenvalue weighted by molar-refractivity contribution is 7.05. The molecule has 0 saturated carbocycles. The molecule has 1 atom stereocenters. The van der Waals surface area contributed by atoms with Gasteiger partial charge in [0.05, 0.1) is 16.6 Å². The summed E-state index contributed by atoms with van der Waals surface area (Å²) in [6, 6.07) is 0.0832. The molecular formula is C10H18N4S. The van der Waals surface area contributed by atoms with Gasteiger partial charge in [-0.3, -0.25) is 11.3 Å². The zero-order valence-corrected chi connectivity index (χ0v) is 10.3. The van der Waals surface area contributed by atoms with E-state index >= 15 is 0 Å². The fourth-order valence-corrected chi connectivity index (χ4v) is 2.29. The number of aromatic nitrogens is 2. The minimum Gasteiger partial charge on any atom is -0.271 e. The van der Waals surface area contributed by atoms with E-state index in [1.807, 2.05) is 6.92 Å². The van der Waals surface area contributed by atoms with Crippen molar-refractivity contribution in [3.05, 3.63) is 22.7 Å². The Bertz CT molecular complexity index is 332. The third kappa shape index (κ3) is 3.09. The maximum absolute atomic E-state index is 5.54. The van der Waals surface area contributed by atoms with Crippen LogP contribution < -0.4 is 11.3 Å². The molecule has 1 unspecified atom stereocenters. The summed E-state index contributed by atoms with van der Waals surface area (Å²) in [5, 5.41) is 4.14. The zero-order chi connectivity index (χ0) is 11.4. The van der Waals surface area contributed by atoms with Crippen LogP contribution in [0, 0.1) is 0 Å². The molecular weight excluding hydrogens is 208 g/mol. The van der Waals surface area contributed by atoms with Gasteiger partial charge in [-0.25, -0.2) is 0 Å². The van der Waals surface area contributed by atoms with Gasteiger partial charge in [-0.1, -0.05) is 23.9 Å². The summed E-state index contributed by atoms with van der Waals surface area (Å²) in [5.41, 5.74) is 4.93. The molecule has 0 spiro atoms. The quantitative estimate of drug-likeness (QED) is 0.458. The maximum Gasteiger partial charge on any atom is 0.0829 e. The van der Waals surface area contributed by atoms with E-state index in [0.29, 0.717) is 5.92 Å². The van der Waals surface area contributed by atoms with Crippen LogP contribution in [0.3, 0.4) is 0 Å². The standard InChI is InChI=1S/C10H18N4S/c1-6(2)5-8(12-11)10-9(7(3)4)13-14-15-10/h7-8,12H,1,5,11H2,2-4H3. The highest BCUT2D eigenvalue weighted by atomic mass is 32.1. The van der Waals surface area contributed by atoms with Crippen LogP contribution in [0.25, 0.3) is 0 Å². The van der Waals surface area contributed by atoms with Gasteiger partial charge in [-0.2, -0.15) is 0 Å². The topological polar surface area (TPSA) is 63.8 Å². The molecule has 15 heavy (non-hydrogen) atoms. The predicted molar refractivity (Wildman–Crippen MR) is 63.5 cm³/mol. The van der Waals surface area contributed by atoms with Crippen molar-refractivity contribution in [2.24, 2.45) is 5.84 Å². The molecule has 5 heteroatoms. The van der Waals surface area contributed by atoms with E-state index in [0.717, 1.165) is 22.6 Å². The van der Waals surface area contributed by atoms with Crippen molar-refractivity contribution in [1.82, 2.24) is 15.0 Å². The van der Waals surface area contributed by atoms with Gasteiger partial charge >= 0.3 is 0 Å². The monoisotopic (exact) mass is 226 g/mol. The second-order valence-corrected chi connectivity index (χ2v) is 4.84. The Kier molecular flexibility index (Phi) is 4.38. The van der Waals surface area contributed by atoms with E-state index in [-0.39, 0.29) is 6.04 Å². The molecule has 1 rings (SSSR count). The number of hydrogen-bond acceptors (Lipinski definition) is 5. The van der Waals surface area contributed by atoms with Gasteiger partial charge in [-0.05, 0) is 30.8 Å². The number of nitrogens with one attached hydrogen (secondary N) is 1. The molecule has 1 heterocycles. The van der Waals surface area contributed by atoms with Gasteiger partial charge in [0.15, 0.2) is 0 Å². The van der Waals surface area contributed by atoms with Crippen molar-refractivity contribution in [3.8, 4) is 0 Å². The summed E-state index contributed by atoms with van der Waals surface area (Å²) in [6.45, 7) is 10.1. The SMILES string of the molecule is C=C(C)CC(NN)c1snnc1C(C)C. The normalized spacial score (nSPS) is 13.1. The van der Waals surface area contributed by atoms with E-state index in [1.165, 1.54) is 11.5 Å². The molecule has 0 fully saturated rings. The fraction of sp³-hybridized carbons (Fsp3) is 0.600. The number of nitrogens with two attached hydrogens (primary N) is 1. The first-order valence-electron chi connectivity index (χ1n) is 4.99. The molecule has 4 nitrogen and oxygen atoms in total. The maximum atomic E-state index is 5.54. The number of hydrogen-bond donors (Lipinski definition) is 2. The molecule has 0 bridgehead atoms. The molecule has 0 aliphatic rings. The van der Waals surface area contributed by atoms with Gasteiger partial charge < -0.3 is 0 Å². The highest BCUT2D eigenvalue weighted by Crippen LogP contribution is 2.29. The van der Waals surface area contributed by atoms with E-state index in [2.05, 4.69) is 35.4 Å². The Labute approximate surface area is 94.7 Å². The largest absolute Gasteiger partial charge is 0.271 e. The van der Waals surface area contributed by atoms with Crippen LogP contribution >= 0.6 is 11.5 Å². The molecule has 1 aromatic heterocycles. The van der Waals surface area contributed by atoms with Crippen LogP contribution in [-0.4, -0.2) is 9.59 Å². The number of rotatable bonds is 5. The van der Waals surface area contributed by atoms with Crippen LogP contribution in [0.1, 0.15) is 49.7 Å². The van der Waals surface area contributed by atoms with Gasteiger partial charge in [-0.15, -0.1) is 11.7 Å². The van der Waals surface area contributed by atoms with E-state index < -0.39 is 0 Å². The van der Waals surface area contributed by atoms with Crippen molar-refractivity contribution in [2.45, 2.75) is 39.2 Å². The van der Waals surface area contributed by atoms with Crippen LogP contribution in [0.2, 0.25) is 0 Å². The summed E-state index contributed by atoms with van der Waals surface area (Å²) < 4.78 is 3.99. The third-order valence-electron chi connectivity index (χ3n) is 2.16. The second kappa shape index (κ2) is 5.34. The lowest BCUT2D eigenvalue weighted by molar-refractivity contribution is 0.549. The molecule has 84 valence electrons. The van der Waals surface area contributed by atoms with Gasteiger partial charge in [0.25, 0.3) is 0 Å². The smallest absolute Gasteiger partial charge is 0.0829 e. The Hall–Kier alpha value is -0.780. The van der Waals surface area contributed by atoms with Crippen molar-refractivity contribution in [3.63, 3.8) is 0 Å². The molecule has 3 N–H and O–H groups in total. The lowest BCUT2D eigenvalue weighted by Gasteiger charge is -2.15. The van der Waals surface area contributed by atoms with Gasteiger partial charge in [0.1, 0.15) is 0 Å². The number of hydrazine groups is 1. The van der Waals surface area contributed by atoms with Crippen molar-refractivity contribution < 1.29 is 0 Å². The lowest BCUT2D eigenvalue weighted by Crippen LogP contribution is -2.28. The van der Waals surface area contributed by atoms with Crippen molar-refractivity contribution >= 4 is 11.5 Å². The molecule has 0 aliphatic carbocycles. The molecule has 0 saturated heterocycles. The van der Waals surface area contributed by atoms with Crippen molar-refractivity contribution in [1.29, 1.82) is 0 Å². The summed E-state index contributed by atoms with van der Waals surface area (Å²) in [6.07, 6.45) is 0.820. The van der Waals surface area contributed by atoms with Gasteiger partial charge in [0, 0.05) is 0 Å². The van der Waals surface area contributed by atoms with Gasteiger partial charge in [0.2, 0.25) is 0 Å². The third-order valence-corrected chi connectivity index (χ3v) is 3.01.